The number of carboxylic acids is 1. The van der Waals surface area contributed by atoms with Crippen molar-refractivity contribution in [1.82, 2.24) is 10.6 Å². The maximum absolute atomic E-state index is 10.6. The molecule has 0 aliphatic carbocycles. The summed E-state index contributed by atoms with van der Waals surface area (Å²) in [5.41, 5.74) is 1.13. The van der Waals surface area contributed by atoms with Crippen LogP contribution in [0.15, 0.2) is 24.3 Å². The molecule has 1 saturated heterocycles. The Bertz CT molecular complexity index is 470. The van der Waals surface area contributed by atoms with Gasteiger partial charge in [-0.3, -0.25) is 0 Å². The van der Waals surface area contributed by atoms with E-state index >= 15 is 0 Å². The van der Waals surface area contributed by atoms with Crippen LogP contribution < -0.4 is 15.7 Å². The van der Waals surface area contributed by atoms with Crippen LogP contribution in [0.3, 0.4) is 0 Å². The molecule has 2 rings (SSSR count). The standard InChI is InChI=1S/C14H18N2O3S/c17-13(18)11-5-3-10(4-6-11)8-15-14(20)16-9-12-2-1-7-19-12/h3-6,12H,1-2,7-9H2,(H,17,18)(H2,15,16,20)/p-1/t12-/m0/s1. The van der Waals surface area contributed by atoms with Crippen molar-refractivity contribution in [3.63, 3.8) is 0 Å². The summed E-state index contributed by atoms with van der Waals surface area (Å²) in [5, 5.41) is 17.4. The summed E-state index contributed by atoms with van der Waals surface area (Å²) >= 11 is 5.17. The van der Waals surface area contributed by atoms with Crippen LogP contribution >= 0.6 is 12.2 Å². The Balaban J connectivity index is 1.70. The van der Waals surface area contributed by atoms with Crippen LogP contribution in [-0.2, 0) is 11.3 Å². The van der Waals surface area contributed by atoms with Crippen LogP contribution in [0.1, 0.15) is 28.8 Å². The highest BCUT2D eigenvalue weighted by Crippen LogP contribution is 2.10. The lowest BCUT2D eigenvalue weighted by atomic mass is 10.1. The van der Waals surface area contributed by atoms with Gasteiger partial charge in [0.25, 0.3) is 0 Å². The Kier molecular flexibility index (Phi) is 5.31. The molecule has 0 amide bonds. The van der Waals surface area contributed by atoms with Crippen molar-refractivity contribution in [2.24, 2.45) is 0 Å². The molecular weight excluding hydrogens is 276 g/mol. The van der Waals surface area contributed by atoms with E-state index in [0.29, 0.717) is 11.7 Å². The van der Waals surface area contributed by atoms with E-state index in [0.717, 1.165) is 31.6 Å². The van der Waals surface area contributed by atoms with Gasteiger partial charge in [-0.05, 0) is 36.2 Å². The predicted molar refractivity (Wildman–Crippen MR) is 77.2 cm³/mol. The van der Waals surface area contributed by atoms with Crippen molar-refractivity contribution in [1.29, 1.82) is 0 Å². The van der Waals surface area contributed by atoms with Crippen molar-refractivity contribution in [2.75, 3.05) is 13.2 Å². The Hall–Kier alpha value is -1.66. The van der Waals surface area contributed by atoms with E-state index in [1.165, 1.54) is 12.1 Å². The molecular formula is C14H17N2O3S-. The summed E-state index contributed by atoms with van der Waals surface area (Å²) in [4.78, 5) is 10.6. The highest BCUT2D eigenvalue weighted by atomic mass is 32.1. The lowest BCUT2D eigenvalue weighted by molar-refractivity contribution is -0.255. The molecule has 5 nitrogen and oxygen atoms in total. The number of nitrogens with one attached hydrogen (secondary N) is 2. The fourth-order valence-electron chi connectivity index (χ4n) is 2.02. The number of benzene rings is 1. The molecule has 6 heteroatoms. The molecule has 0 bridgehead atoms. The van der Waals surface area contributed by atoms with Gasteiger partial charge < -0.3 is 25.3 Å². The van der Waals surface area contributed by atoms with Gasteiger partial charge in [-0.1, -0.05) is 24.3 Å². The highest BCUT2D eigenvalue weighted by Gasteiger charge is 2.15. The van der Waals surface area contributed by atoms with Crippen LogP contribution in [0.25, 0.3) is 0 Å². The SMILES string of the molecule is O=C([O-])c1ccc(CNC(=S)NC[C@@H]2CCCO2)cc1. The van der Waals surface area contributed by atoms with Crippen LogP contribution in [0.2, 0.25) is 0 Å². The van der Waals surface area contributed by atoms with E-state index in [1.54, 1.807) is 12.1 Å². The number of carbonyl (C=O) groups is 1. The van der Waals surface area contributed by atoms with Gasteiger partial charge in [0.1, 0.15) is 0 Å². The molecule has 1 aromatic carbocycles. The molecule has 1 aliphatic rings. The molecule has 0 saturated carbocycles. The molecule has 1 aliphatic heterocycles. The maximum atomic E-state index is 10.6. The van der Waals surface area contributed by atoms with Crippen LogP contribution in [0.5, 0.6) is 0 Å². The molecule has 108 valence electrons. The third-order valence-electron chi connectivity index (χ3n) is 3.16. The van der Waals surface area contributed by atoms with E-state index in [2.05, 4.69) is 10.6 Å². The Labute approximate surface area is 123 Å². The summed E-state index contributed by atoms with van der Waals surface area (Å²) in [7, 11) is 0. The monoisotopic (exact) mass is 293 g/mol. The van der Waals surface area contributed by atoms with Gasteiger partial charge in [-0.2, -0.15) is 0 Å². The zero-order valence-corrected chi connectivity index (χ0v) is 11.9. The normalized spacial score (nSPS) is 17.7. The zero-order valence-electron chi connectivity index (χ0n) is 11.1. The van der Waals surface area contributed by atoms with Gasteiger partial charge in [-0.25, -0.2) is 0 Å². The number of rotatable bonds is 5. The molecule has 1 fully saturated rings. The number of carboxylic acid groups (broad SMARTS) is 1. The summed E-state index contributed by atoms with van der Waals surface area (Å²) < 4.78 is 5.49. The lowest BCUT2D eigenvalue weighted by Gasteiger charge is -2.14. The average molecular weight is 293 g/mol. The molecule has 1 heterocycles. The quantitative estimate of drug-likeness (QED) is 0.755. The molecule has 2 N–H and O–H groups in total. The minimum atomic E-state index is -1.17. The Morgan fingerprint density at radius 1 is 1.35 bits per heavy atom. The first-order valence-corrected chi connectivity index (χ1v) is 6.99. The van der Waals surface area contributed by atoms with E-state index in [-0.39, 0.29) is 11.7 Å². The number of thiocarbonyl (C=S) groups is 1. The number of hydrogen-bond acceptors (Lipinski definition) is 4. The minimum absolute atomic E-state index is 0.174. The summed E-state index contributed by atoms with van der Waals surface area (Å²) in [6, 6.07) is 6.52. The largest absolute Gasteiger partial charge is 0.545 e. The molecule has 0 aromatic heterocycles. The van der Waals surface area contributed by atoms with E-state index in [9.17, 15) is 9.90 Å². The lowest BCUT2D eigenvalue weighted by Crippen LogP contribution is -2.39. The van der Waals surface area contributed by atoms with Gasteiger partial charge in [-0.15, -0.1) is 0 Å². The third kappa shape index (κ3) is 4.47. The van der Waals surface area contributed by atoms with Crippen LogP contribution in [0, 0.1) is 0 Å². The highest BCUT2D eigenvalue weighted by molar-refractivity contribution is 7.80. The van der Waals surface area contributed by atoms with E-state index in [1.807, 2.05) is 0 Å². The third-order valence-corrected chi connectivity index (χ3v) is 3.45. The first-order valence-electron chi connectivity index (χ1n) is 6.59. The van der Waals surface area contributed by atoms with Crippen LogP contribution in [-0.4, -0.2) is 30.3 Å². The summed E-state index contributed by atoms with van der Waals surface area (Å²) in [5.74, 6) is -1.17. The van der Waals surface area contributed by atoms with E-state index in [4.69, 9.17) is 17.0 Å². The molecule has 1 aromatic rings. The number of carbonyl (C=O) groups excluding carboxylic acids is 1. The second-order valence-corrected chi connectivity index (χ2v) is 5.09. The average Bonchev–Trinajstić information content (AvgIpc) is 2.96. The number of ether oxygens (including phenoxy) is 1. The smallest absolute Gasteiger partial charge is 0.166 e. The first-order chi connectivity index (χ1) is 9.65. The fraction of sp³-hybridized carbons (Fsp3) is 0.429. The predicted octanol–water partition coefficient (Wildman–Crippen LogP) is 0.193. The fourth-order valence-corrected chi connectivity index (χ4v) is 2.17. The topological polar surface area (TPSA) is 73.4 Å². The second kappa shape index (κ2) is 7.21. The van der Waals surface area contributed by atoms with Crippen molar-refractivity contribution >= 4 is 23.3 Å². The summed E-state index contributed by atoms with van der Waals surface area (Å²) in [6.45, 7) is 2.09. The van der Waals surface area contributed by atoms with Gasteiger partial charge in [0, 0.05) is 19.7 Å². The first kappa shape index (κ1) is 14.7. The number of hydrogen-bond donors (Lipinski definition) is 2. The van der Waals surface area contributed by atoms with Gasteiger partial charge >= 0.3 is 0 Å². The molecule has 0 radical (unpaired) electrons. The Morgan fingerprint density at radius 2 is 2.10 bits per heavy atom. The molecule has 0 spiro atoms. The minimum Gasteiger partial charge on any atom is -0.545 e. The number of aromatic carboxylic acids is 1. The maximum Gasteiger partial charge on any atom is 0.166 e. The van der Waals surface area contributed by atoms with Crippen molar-refractivity contribution < 1.29 is 14.6 Å². The van der Waals surface area contributed by atoms with Gasteiger partial charge in [0.05, 0.1) is 12.1 Å². The summed E-state index contributed by atoms with van der Waals surface area (Å²) in [6.07, 6.45) is 2.43. The van der Waals surface area contributed by atoms with Gasteiger partial charge in [0.15, 0.2) is 5.11 Å². The zero-order chi connectivity index (χ0) is 14.4. The van der Waals surface area contributed by atoms with Crippen molar-refractivity contribution in [2.45, 2.75) is 25.5 Å². The van der Waals surface area contributed by atoms with E-state index < -0.39 is 5.97 Å². The second-order valence-electron chi connectivity index (χ2n) is 4.68. The van der Waals surface area contributed by atoms with Crippen LogP contribution in [0.4, 0.5) is 0 Å². The van der Waals surface area contributed by atoms with Gasteiger partial charge in [0.2, 0.25) is 0 Å². The van der Waals surface area contributed by atoms with Crippen molar-refractivity contribution in [3.05, 3.63) is 35.4 Å². The van der Waals surface area contributed by atoms with Crippen molar-refractivity contribution in [3.8, 4) is 0 Å². The molecule has 0 unspecified atom stereocenters. The molecule has 1 atom stereocenters. The Morgan fingerprint density at radius 3 is 2.70 bits per heavy atom. The molecule has 20 heavy (non-hydrogen) atoms.